The number of thiocarbonyl (C=S) groups is 1. The number of thioether (sulfide) groups is 1. The van der Waals surface area contributed by atoms with E-state index < -0.39 is 5.97 Å². The predicted molar refractivity (Wildman–Crippen MR) is 128 cm³/mol. The smallest absolute Gasteiger partial charge is 0.303 e. The Kier molecular flexibility index (Phi) is 7.24. The number of carboxylic acid groups (broad SMARTS) is 1. The van der Waals surface area contributed by atoms with E-state index in [0.29, 0.717) is 26.5 Å². The van der Waals surface area contributed by atoms with Crippen LogP contribution in [-0.2, 0) is 14.4 Å². The van der Waals surface area contributed by atoms with Crippen molar-refractivity contribution >= 4 is 74.3 Å². The van der Waals surface area contributed by atoms with E-state index in [1.165, 1.54) is 34.9 Å². The summed E-state index contributed by atoms with van der Waals surface area (Å²) in [6, 6.07) is 5.77. The number of amides is 2. The van der Waals surface area contributed by atoms with Crippen molar-refractivity contribution < 1.29 is 19.5 Å². The Labute approximate surface area is 193 Å². The number of aryl methyl sites for hydroxylation is 1. The molecular formula is C21H21N3O4S3. The highest BCUT2D eigenvalue weighted by Gasteiger charge is 2.32. The fourth-order valence-corrected chi connectivity index (χ4v) is 5.18. The number of benzene rings is 1. The van der Waals surface area contributed by atoms with Crippen LogP contribution in [0, 0.1) is 13.8 Å². The Balaban J connectivity index is 1.83. The molecule has 10 heteroatoms. The summed E-state index contributed by atoms with van der Waals surface area (Å²) in [6.07, 6.45) is 1.96. The zero-order valence-electron chi connectivity index (χ0n) is 17.2. The Morgan fingerprint density at radius 1 is 1.32 bits per heavy atom. The molecule has 3 rings (SSSR count). The molecular weight excluding hydrogens is 454 g/mol. The van der Waals surface area contributed by atoms with Gasteiger partial charge in [-0.1, -0.05) is 36.1 Å². The molecule has 2 amide bonds. The van der Waals surface area contributed by atoms with Gasteiger partial charge in [0, 0.05) is 25.3 Å². The monoisotopic (exact) mass is 475 g/mol. The number of carbonyl (C=O) groups is 3. The molecule has 1 aromatic heterocycles. The molecule has 162 valence electrons. The predicted octanol–water partition coefficient (Wildman–Crippen LogP) is 4.51. The molecule has 0 radical (unpaired) electrons. The van der Waals surface area contributed by atoms with Gasteiger partial charge in [0.25, 0.3) is 5.91 Å². The third kappa shape index (κ3) is 5.20. The third-order valence-corrected chi connectivity index (χ3v) is 6.98. The molecule has 7 nitrogen and oxygen atoms in total. The Bertz CT molecular complexity index is 1090. The number of hydrogen-bond donors (Lipinski definition) is 1. The summed E-state index contributed by atoms with van der Waals surface area (Å²) in [5, 5.41) is 11.1. The highest BCUT2D eigenvalue weighted by atomic mass is 32.2. The zero-order chi connectivity index (χ0) is 22.7. The topological polar surface area (TPSA) is 90.8 Å². The number of rotatable bonds is 7. The quantitative estimate of drug-likeness (QED) is 0.465. The fourth-order valence-electron chi connectivity index (χ4n) is 3.05. The second kappa shape index (κ2) is 9.71. The third-order valence-electron chi connectivity index (χ3n) is 4.76. The molecule has 0 saturated carbocycles. The summed E-state index contributed by atoms with van der Waals surface area (Å²) in [5.41, 5.74) is 3.41. The van der Waals surface area contributed by atoms with Crippen LogP contribution in [0.4, 0.5) is 10.8 Å². The average Bonchev–Trinajstić information content (AvgIpc) is 3.24. The number of thiazole rings is 1. The van der Waals surface area contributed by atoms with Crippen LogP contribution in [0.2, 0.25) is 0 Å². The van der Waals surface area contributed by atoms with Gasteiger partial charge in [0.05, 0.1) is 16.3 Å². The maximum Gasteiger partial charge on any atom is 0.303 e. The van der Waals surface area contributed by atoms with Gasteiger partial charge < -0.3 is 5.11 Å². The summed E-state index contributed by atoms with van der Waals surface area (Å²) in [6.45, 7) is 5.71. The van der Waals surface area contributed by atoms with E-state index in [9.17, 15) is 14.4 Å². The first kappa shape index (κ1) is 23.1. The first-order valence-corrected chi connectivity index (χ1v) is 11.6. The van der Waals surface area contributed by atoms with Gasteiger partial charge in [-0.25, -0.2) is 4.98 Å². The van der Waals surface area contributed by atoms with Crippen molar-refractivity contribution in [2.24, 2.45) is 0 Å². The van der Waals surface area contributed by atoms with Crippen molar-refractivity contribution in [2.45, 2.75) is 33.6 Å². The molecule has 1 saturated heterocycles. The normalized spacial score (nSPS) is 15.1. The Morgan fingerprint density at radius 2 is 2.06 bits per heavy atom. The van der Waals surface area contributed by atoms with E-state index in [1.54, 1.807) is 16.4 Å². The molecule has 1 N–H and O–H groups in total. The minimum atomic E-state index is -0.908. The lowest BCUT2D eigenvalue weighted by atomic mass is 10.1. The van der Waals surface area contributed by atoms with Gasteiger partial charge in [-0.15, -0.1) is 11.3 Å². The second-order valence-corrected chi connectivity index (χ2v) is 9.47. The minimum absolute atomic E-state index is 0.0230. The number of carboxylic acids is 1. The number of anilines is 2. The Hall–Kier alpha value is -2.56. The maximum atomic E-state index is 12.7. The molecule has 1 aromatic carbocycles. The largest absolute Gasteiger partial charge is 0.481 e. The highest BCUT2D eigenvalue weighted by Crippen LogP contribution is 2.35. The molecule has 2 heterocycles. The van der Waals surface area contributed by atoms with Crippen LogP contribution < -0.4 is 4.90 Å². The van der Waals surface area contributed by atoms with Crippen molar-refractivity contribution in [3.63, 3.8) is 0 Å². The standard InChI is InChI=1S/C21H21N3O4S3/c1-12-6-4-7-16(13(12)2)24(14(3)25)20-22-15(11-30-20)10-17-19(28)23(21(29)31-17)9-5-8-18(26)27/h4,6-7,10-11H,5,8-9H2,1-3H3,(H,26,27)/b17-10-. The molecule has 1 aliphatic heterocycles. The SMILES string of the molecule is CC(=O)N(c1nc(/C=C2\SC(=S)N(CCCC(=O)O)C2=O)cs1)c1cccc(C)c1C. The van der Waals surface area contributed by atoms with Gasteiger partial charge in [-0.2, -0.15) is 0 Å². The number of aliphatic carboxylic acids is 1. The summed E-state index contributed by atoms with van der Waals surface area (Å²) in [7, 11) is 0. The van der Waals surface area contributed by atoms with Crippen LogP contribution in [0.25, 0.3) is 6.08 Å². The van der Waals surface area contributed by atoms with Gasteiger partial charge in [0.2, 0.25) is 5.91 Å². The fraction of sp³-hybridized carbons (Fsp3) is 0.286. The van der Waals surface area contributed by atoms with Gasteiger partial charge >= 0.3 is 5.97 Å². The minimum Gasteiger partial charge on any atom is -0.481 e. The van der Waals surface area contributed by atoms with Gasteiger partial charge in [-0.3, -0.25) is 24.2 Å². The average molecular weight is 476 g/mol. The van der Waals surface area contributed by atoms with Crippen molar-refractivity contribution in [3.8, 4) is 0 Å². The molecule has 0 spiro atoms. The van der Waals surface area contributed by atoms with E-state index in [-0.39, 0.29) is 24.8 Å². The van der Waals surface area contributed by atoms with E-state index in [0.717, 1.165) is 16.8 Å². The molecule has 2 aromatic rings. The van der Waals surface area contributed by atoms with Gasteiger partial charge in [0.15, 0.2) is 5.13 Å². The molecule has 0 bridgehead atoms. The Morgan fingerprint density at radius 3 is 2.74 bits per heavy atom. The summed E-state index contributed by atoms with van der Waals surface area (Å²) < 4.78 is 0.401. The first-order chi connectivity index (χ1) is 14.7. The van der Waals surface area contributed by atoms with E-state index in [4.69, 9.17) is 17.3 Å². The van der Waals surface area contributed by atoms with Crippen LogP contribution in [0.3, 0.4) is 0 Å². The number of aromatic nitrogens is 1. The van der Waals surface area contributed by atoms with Crippen LogP contribution in [0.1, 0.15) is 36.6 Å². The first-order valence-electron chi connectivity index (χ1n) is 9.48. The number of nitrogens with zero attached hydrogens (tertiary/aromatic N) is 3. The molecule has 0 unspecified atom stereocenters. The molecule has 0 aliphatic carbocycles. The van der Waals surface area contributed by atoms with Gasteiger partial charge in [0.1, 0.15) is 4.32 Å². The van der Waals surface area contributed by atoms with E-state index in [2.05, 4.69) is 4.98 Å². The van der Waals surface area contributed by atoms with Crippen LogP contribution in [-0.4, -0.2) is 43.6 Å². The molecule has 1 aliphatic rings. The maximum absolute atomic E-state index is 12.7. The highest BCUT2D eigenvalue weighted by molar-refractivity contribution is 8.26. The van der Waals surface area contributed by atoms with Gasteiger partial charge in [-0.05, 0) is 43.5 Å². The molecule has 31 heavy (non-hydrogen) atoms. The second-order valence-electron chi connectivity index (χ2n) is 6.96. The zero-order valence-corrected chi connectivity index (χ0v) is 19.7. The number of hydrogen-bond acceptors (Lipinski definition) is 7. The van der Waals surface area contributed by atoms with Crippen molar-refractivity contribution in [3.05, 3.63) is 45.3 Å². The lowest BCUT2D eigenvalue weighted by molar-refractivity contribution is -0.137. The lowest BCUT2D eigenvalue weighted by Gasteiger charge is -2.21. The van der Waals surface area contributed by atoms with Crippen molar-refractivity contribution in [1.82, 2.24) is 9.88 Å². The van der Waals surface area contributed by atoms with E-state index >= 15 is 0 Å². The van der Waals surface area contributed by atoms with Crippen molar-refractivity contribution in [2.75, 3.05) is 11.4 Å². The summed E-state index contributed by atoms with van der Waals surface area (Å²) in [4.78, 5) is 43.7. The molecule has 1 fully saturated rings. The van der Waals surface area contributed by atoms with Crippen LogP contribution in [0.15, 0.2) is 28.5 Å². The number of carbonyl (C=O) groups excluding carboxylic acids is 2. The lowest BCUT2D eigenvalue weighted by Crippen LogP contribution is -2.29. The van der Waals surface area contributed by atoms with Crippen LogP contribution >= 0.6 is 35.3 Å². The van der Waals surface area contributed by atoms with E-state index in [1.807, 2.05) is 32.0 Å². The molecule has 0 atom stereocenters. The summed E-state index contributed by atoms with van der Waals surface area (Å²) in [5.74, 6) is -1.32. The van der Waals surface area contributed by atoms with Crippen molar-refractivity contribution in [1.29, 1.82) is 0 Å². The summed E-state index contributed by atoms with van der Waals surface area (Å²) >= 11 is 7.75. The van der Waals surface area contributed by atoms with Crippen LogP contribution in [0.5, 0.6) is 0 Å².